The van der Waals surface area contributed by atoms with E-state index in [1.807, 2.05) is 0 Å². The lowest BCUT2D eigenvalue weighted by Gasteiger charge is -2.39. The third kappa shape index (κ3) is 3.21. The number of Topliss-reactive ketones (excluding diaryl/α,β-unsaturated/α-hetero) is 1. The predicted molar refractivity (Wildman–Crippen MR) is 72.5 cm³/mol. The van der Waals surface area contributed by atoms with Crippen LogP contribution >= 0.6 is 0 Å². The number of hydrogen-bond donors (Lipinski definition) is 5. The molecule has 1 aliphatic heterocycles. The molecule has 22 heavy (non-hydrogen) atoms. The van der Waals surface area contributed by atoms with Crippen molar-refractivity contribution in [2.24, 2.45) is 0 Å². The molecule has 5 atom stereocenters. The van der Waals surface area contributed by atoms with Crippen LogP contribution in [0.1, 0.15) is 17.3 Å². The van der Waals surface area contributed by atoms with E-state index in [0.717, 1.165) is 6.07 Å². The first-order chi connectivity index (χ1) is 10.3. The summed E-state index contributed by atoms with van der Waals surface area (Å²) in [6.07, 6.45) is -7.23. The molecule has 0 saturated carbocycles. The molecule has 0 bridgehead atoms. The Labute approximate surface area is 126 Å². The quantitative estimate of drug-likeness (QED) is 0.436. The molecule has 0 radical (unpaired) electrons. The van der Waals surface area contributed by atoms with Crippen molar-refractivity contribution >= 4 is 5.78 Å². The van der Waals surface area contributed by atoms with Crippen LogP contribution in [0.3, 0.4) is 0 Å². The topological polar surface area (TPSA) is 137 Å². The van der Waals surface area contributed by atoms with E-state index in [9.17, 15) is 25.2 Å². The molecule has 5 N–H and O–H groups in total. The molecule has 1 saturated heterocycles. The van der Waals surface area contributed by atoms with Gasteiger partial charge in [-0.1, -0.05) is 0 Å². The van der Waals surface area contributed by atoms with E-state index >= 15 is 0 Å². The first-order valence-electron chi connectivity index (χ1n) is 6.66. The fourth-order valence-electron chi connectivity index (χ4n) is 2.19. The summed E-state index contributed by atoms with van der Waals surface area (Å²) in [4.78, 5) is 11.5. The van der Waals surface area contributed by atoms with E-state index in [1.165, 1.54) is 19.1 Å². The lowest BCUT2D eigenvalue weighted by molar-refractivity contribution is -0.277. The number of rotatable bonds is 4. The van der Waals surface area contributed by atoms with Crippen molar-refractivity contribution in [3.05, 3.63) is 23.8 Å². The van der Waals surface area contributed by atoms with Gasteiger partial charge in [0.15, 0.2) is 5.78 Å². The maximum Gasteiger partial charge on any atom is 0.229 e. The van der Waals surface area contributed by atoms with Gasteiger partial charge in [0, 0.05) is 6.07 Å². The van der Waals surface area contributed by atoms with Crippen molar-refractivity contribution in [3.63, 3.8) is 0 Å². The van der Waals surface area contributed by atoms with Crippen molar-refractivity contribution in [2.75, 3.05) is 6.61 Å². The van der Waals surface area contributed by atoms with Crippen molar-refractivity contribution in [1.82, 2.24) is 0 Å². The van der Waals surface area contributed by atoms with Crippen LogP contribution in [0.2, 0.25) is 0 Å². The Morgan fingerprint density at radius 3 is 2.50 bits per heavy atom. The highest BCUT2D eigenvalue weighted by Gasteiger charge is 2.44. The Morgan fingerprint density at radius 2 is 1.91 bits per heavy atom. The summed E-state index contributed by atoms with van der Waals surface area (Å²) in [5, 5.41) is 47.9. The van der Waals surface area contributed by atoms with Crippen molar-refractivity contribution in [2.45, 2.75) is 37.6 Å². The maximum atomic E-state index is 11.5. The first kappa shape index (κ1) is 16.7. The number of carbonyl (C=O) groups is 1. The van der Waals surface area contributed by atoms with Crippen molar-refractivity contribution in [3.8, 4) is 11.5 Å². The fourth-order valence-corrected chi connectivity index (χ4v) is 2.19. The molecule has 0 unspecified atom stereocenters. The van der Waals surface area contributed by atoms with Crippen LogP contribution in [-0.4, -0.2) is 68.6 Å². The Bertz CT molecular complexity index is 544. The van der Waals surface area contributed by atoms with Gasteiger partial charge in [0.2, 0.25) is 6.29 Å². The van der Waals surface area contributed by atoms with Crippen molar-refractivity contribution in [1.29, 1.82) is 0 Å². The summed E-state index contributed by atoms with van der Waals surface area (Å²) >= 11 is 0. The number of hydrogen-bond acceptors (Lipinski definition) is 8. The number of phenols is 1. The summed E-state index contributed by atoms with van der Waals surface area (Å²) in [5.74, 6) is -0.541. The minimum Gasteiger partial charge on any atom is -0.508 e. The highest BCUT2D eigenvalue weighted by atomic mass is 16.7. The Kier molecular flexibility index (Phi) is 4.99. The second kappa shape index (κ2) is 6.59. The van der Waals surface area contributed by atoms with E-state index in [0.29, 0.717) is 0 Å². The number of aliphatic hydroxyl groups is 4. The van der Waals surface area contributed by atoms with Crippen LogP contribution in [0.4, 0.5) is 0 Å². The van der Waals surface area contributed by atoms with Gasteiger partial charge in [-0.25, -0.2) is 0 Å². The van der Waals surface area contributed by atoms with Crippen molar-refractivity contribution < 1.29 is 39.8 Å². The highest BCUT2D eigenvalue weighted by molar-refractivity contribution is 5.97. The number of carbonyl (C=O) groups excluding carboxylic acids is 1. The van der Waals surface area contributed by atoms with Gasteiger partial charge in [0.05, 0.1) is 12.2 Å². The minimum absolute atomic E-state index is 0.0446. The fraction of sp³-hybridized carbons (Fsp3) is 0.500. The van der Waals surface area contributed by atoms with Gasteiger partial charge >= 0.3 is 0 Å². The molecule has 0 aliphatic carbocycles. The number of ketones is 1. The Hall–Kier alpha value is -1.71. The summed E-state index contributed by atoms with van der Waals surface area (Å²) in [6.45, 7) is 0.705. The zero-order valence-corrected chi connectivity index (χ0v) is 11.8. The van der Waals surface area contributed by atoms with E-state index in [2.05, 4.69) is 0 Å². The summed E-state index contributed by atoms with van der Waals surface area (Å²) in [7, 11) is 0. The smallest absolute Gasteiger partial charge is 0.229 e. The summed E-state index contributed by atoms with van der Waals surface area (Å²) in [5.41, 5.74) is 0.148. The van der Waals surface area contributed by atoms with Crippen LogP contribution in [-0.2, 0) is 4.74 Å². The lowest BCUT2D eigenvalue weighted by atomic mass is 9.99. The molecule has 0 spiro atoms. The minimum atomic E-state index is -1.60. The second-order valence-corrected chi connectivity index (χ2v) is 5.05. The zero-order chi connectivity index (χ0) is 16.4. The Morgan fingerprint density at radius 1 is 1.23 bits per heavy atom. The number of phenolic OH excluding ortho intramolecular Hbond substituents is 1. The van der Waals surface area contributed by atoms with Gasteiger partial charge in [-0.2, -0.15) is 0 Å². The third-order valence-electron chi connectivity index (χ3n) is 3.44. The number of aliphatic hydroxyl groups excluding tert-OH is 4. The van der Waals surface area contributed by atoms with E-state index in [-0.39, 0.29) is 22.8 Å². The molecule has 0 aromatic heterocycles. The molecule has 1 aromatic rings. The average Bonchev–Trinajstić information content (AvgIpc) is 2.47. The molecular weight excluding hydrogens is 296 g/mol. The van der Waals surface area contributed by atoms with E-state index in [1.54, 1.807) is 0 Å². The normalized spacial score (nSPS) is 31.8. The third-order valence-corrected chi connectivity index (χ3v) is 3.44. The van der Waals surface area contributed by atoms with Gasteiger partial charge in [0.1, 0.15) is 35.9 Å². The van der Waals surface area contributed by atoms with Gasteiger partial charge in [0.25, 0.3) is 0 Å². The van der Waals surface area contributed by atoms with Crippen LogP contribution < -0.4 is 4.74 Å². The van der Waals surface area contributed by atoms with Gasteiger partial charge < -0.3 is 35.0 Å². The highest BCUT2D eigenvalue weighted by Crippen LogP contribution is 2.29. The Balaban J connectivity index is 2.26. The molecule has 122 valence electrons. The summed E-state index contributed by atoms with van der Waals surface area (Å²) in [6, 6.07) is 3.81. The van der Waals surface area contributed by atoms with Gasteiger partial charge in [-0.15, -0.1) is 0 Å². The molecule has 2 rings (SSSR count). The second-order valence-electron chi connectivity index (χ2n) is 5.05. The SMILES string of the molecule is CC(=O)c1ccc(O)cc1O[C@@H]1O[C@@H](CO)[C@@H](O)[C@@H](O)[C@@H]1O. The monoisotopic (exact) mass is 314 g/mol. The molecule has 1 heterocycles. The average molecular weight is 314 g/mol. The van der Waals surface area contributed by atoms with E-state index in [4.69, 9.17) is 14.6 Å². The van der Waals surface area contributed by atoms with Crippen LogP contribution in [0.5, 0.6) is 11.5 Å². The summed E-state index contributed by atoms with van der Waals surface area (Å²) < 4.78 is 10.5. The number of benzene rings is 1. The maximum absolute atomic E-state index is 11.5. The molecule has 0 amide bonds. The zero-order valence-electron chi connectivity index (χ0n) is 11.8. The van der Waals surface area contributed by atoms with Gasteiger partial charge in [-0.3, -0.25) is 4.79 Å². The standard InChI is InChI=1S/C14H18O8/c1-6(16)8-3-2-7(17)4-9(8)21-14-13(20)12(19)11(18)10(5-15)22-14/h2-4,10-15,17-20H,5H2,1H3/t10-,11+,12+,13-,14+/m0/s1. The predicted octanol–water partition coefficient (Wildman–Crippen LogP) is -1.23. The molecule has 1 fully saturated rings. The molecular formula is C14H18O8. The molecule has 1 aromatic carbocycles. The lowest BCUT2D eigenvalue weighted by Crippen LogP contribution is -2.60. The van der Waals surface area contributed by atoms with Crippen LogP contribution in [0, 0.1) is 0 Å². The van der Waals surface area contributed by atoms with Crippen LogP contribution in [0.25, 0.3) is 0 Å². The van der Waals surface area contributed by atoms with Gasteiger partial charge in [-0.05, 0) is 19.1 Å². The number of ether oxygens (including phenoxy) is 2. The molecule has 8 heteroatoms. The first-order valence-corrected chi connectivity index (χ1v) is 6.66. The molecule has 1 aliphatic rings. The van der Waals surface area contributed by atoms with Crippen LogP contribution in [0.15, 0.2) is 18.2 Å². The molecule has 8 nitrogen and oxygen atoms in total. The number of aromatic hydroxyl groups is 1. The largest absolute Gasteiger partial charge is 0.508 e. The van der Waals surface area contributed by atoms with E-state index < -0.39 is 37.3 Å².